The lowest BCUT2D eigenvalue weighted by atomic mass is 9.91. The molecule has 1 heterocycles. The minimum absolute atomic E-state index is 0.0546. The zero-order valence-electron chi connectivity index (χ0n) is 13.0. The van der Waals surface area contributed by atoms with Gasteiger partial charge in [-0.25, -0.2) is 0 Å². The van der Waals surface area contributed by atoms with Crippen molar-refractivity contribution < 1.29 is 14.6 Å². The first-order valence-corrected chi connectivity index (χ1v) is 7.91. The van der Waals surface area contributed by atoms with Gasteiger partial charge in [0.2, 0.25) is 5.91 Å². The van der Waals surface area contributed by atoms with Gasteiger partial charge in [0.05, 0.1) is 25.3 Å². The SMILES string of the molecule is COc1ccc(NC(=O)CN2CCCC(C)C2CO)cc1Cl. The van der Waals surface area contributed by atoms with Crippen LogP contribution in [-0.4, -0.2) is 48.8 Å². The Morgan fingerprint density at radius 3 is 2.95 bits per heavy atom. The minimum Gasteiger partial charge on any atom is -0.495 e. The molecule has 0 spiro atoms. The number of halogens is 1. The van der Waals surface area contributed by atoms with E-state index in [1.807, 2.05) is 0 Å². The van der Waals surface area contributed by atoms with Crippen LogP contribution in [0.15, 0.2) is 18.2 Å². The van der Waals surface area contributed by atoms with E-state index in [9.17, 15) is 9.90 Å². The molecule has 1 aromatic carbocycles. The average Bonchev–Trinajstić information content (AvgIpc) is 2.47. The Labute approximate surface area is 136 Å². The Kier molecular flexibility index (Phi) is 6.06. The van der Waals surface area contributed by atoms with E-state index in [1.165, 1.54) is 0 Å². The van der Waals surface area contributed by atoms with E-state index in [1.54, 1.807) is 25.3 Å². The van der Waals surface area contributed by atoms with Crippen molar-refractivity contribution in [1.29, 1.82) is 0 Å². The number of anilines is 1. The lowest BCUT2D eigenvalue weighted by Crippen LogP contribution is -2.49. The van der Waals surface area contributed by atoms with Crippen molar-refractivity contribution in [3.05, 3.63) is 23.2 Å². The van der Waals surface area contributed by atoms with E-state index < -0.39 is 0 Å². The number of rotatable bonds is 5. The van der Waals surface area contributed by atoms with Crippen molar-refractivity contribution in [1.82, 2.24) is 4.90 Å². The molecule has 1 aliphatic rings. The quantitative estimate of drug-likeness (QED) is 0.872. The monoisotopic (exact) mass is 326 g/mol. The fraction of sp³-hybridized carbons (Fsp3) is 0.562. The number of aliphatic hydroxyl groups excluding tert-OH is 1. The summed E-state index contributed by atoms with van der Waals surface area (Å²) in [6.07, 6.45) is 2.15. The molecule has 22 heavy (non-hydrogen) atoms. The number of benzene rings is 1. The Morgan fingerprint density at radius 1 is 1.55 bits per heavy atom. The highest BCUT2D eigenvalue weighted by atomic mass is 35.5. The molecule has 1 amide bonds. The van der Waals surface area contributed by atoms with Crippen LogP contribution in [0.3, 0.4) is 0 Å². The molecule has 2 atom stereocenters. The van der Waals surface area contributed by atoms with Gasteiger partial charge in [-0.3, -0.25) is 9.69 Å². The Balaban J connectivity index is 1.96. The number of carbonyl (C=O) groups is 1. The summed E-state index contributed by atoms with van der Waals surface area (Å²) >= 11 is 6.05. The number of piperidine rings is 1. The van der Waals surface area contributed by atoms with Gasteiger partial charge in [-0.05, 0) is 43.5 Å². The van der Waals surface area contributed by atoms with Gasteiger partial charge in [0.25, 0.3) is 0 Å². The maximum atomic E-state index is 12.2. The van der Waals surface area contributed by atoms with Crippen molar-refractivity contribution in [3.63, 3.8) is 0 Å². The molecule has 2 N–H and O–H groups in total. The van der Waals surface area contributed by atoms with E-state index >= 15 is 0 Å². The second-order valence-corrected chi connectivity index (χ2v) is 6.14. The minimum atomic E-state index is -0.103. The maximum Gasteiger partial charge on any atom is 0.238 e. The largest absolute Gasteiger partial charge is 0.495 e. The fourth-order valence-electron chi connectivity index (χ4n) is 2.96. The van der Waals surface area contributed by atoms with Crippen LogP contribution in [0.2, 0.25) is 5.02 Å². The lowest BCUT2D eigenvalue weighted by Gasteiger charge is -2.38. The molecule has 122 valence electrons. The number of nitrogens with zero attached hydrogens (tertiary/aromatic N) is 1. The summed E-state index contributed by atoms with van der Waals surface area (Å²) in [5, 5.41) is 12.8. The Morgan fingerprint density at radius 2 is 2.32 bits per heavy atom. The summed E-state index contributed by atoms with van der Waals surface area (Å²) < 4.78 is 5.09. The molecular weight excluding hydrogens is 304 g/mol. The summed E-state index contributed by atoms with van der Waals surface area (Å²) in [7, 11) is 1.55. The fourth-order valence-corrected chi connectivity index (χ4v) is 3.21. The molecule has 1 aromatic rings. The zero-order chi connectivity index (χ0) is 16.1. The topological polar surface area (TPSA) is 61.8 Å². The third-order valence-electron chi connectivity index (χ3n) is 4.20. The van der Waals surface area contributed by atoms with Crippen molar-refractivity contribution in [2.75, 3.05) is 32.1 Å². The molecule has 5 nitrogen and oxygen atoms in total. The van der Waals surface area contributed by atoms with Gasteiger partial charge in [0.15, 0.2) is 0 Å². The summed E-state index contributed by atoms with van der Waals surface area (Å²) in [5.41, 5.74) is 0.640. The van der Waals surface area contributed by atoms with Gasteiger partial charge in [0.1, 0.15) is 5.75 Å². The molecule has 0 bridgehead atoms. The zero-order valence-corrected chi connectivity index (χ0v) is 13.8. The van der Waals surface area contributed by atoms with Crippen LogP contribution in [0.4, 0.5) is 5.69 Å². The standard InChI is InChI=1S/C16H23ClN2O3/c1-11-4-3-7-19(14(11)10-20)9-16(21)18-12-5-6-15(22-2)13(17)8-12/h5-6,8,11,14,20H,3-4,7,9-10H2,1-2H3,(H,18,21). The van der Waals surface area contributed by atoms with E-state index in [0.717, 1.165) is 19.4 Å². The van der Waals surface area contributed by atoms with E-state index in [-0.39, 0.29) is 25.1 Å². The predicted octanol–water partition coefficient (Wildman–Crippen LogP) is 2.38. The second kappa shape index (κ2) is 7.81. The number of likely N-dealkylation sites (tertiary alicyclic amines) is 1. The second-order valence-electron chi connectivity index (χ2n) is 5.74. The van der Waals surface area contributed by atoms with Crippen LogP contribution in [0.5, 0.6) is 5.75 Å². The average molecular weight is 327 g/mol. The highest BCUT2D eigenvalue weighted by Gasteiger charge is 2.29. The van der Waals surface area contributed by atoms with Crippen molar-refractivity contribution >= 4 is 23.2 Å². The van der Waals surface area contributed by atoms with Crippen LogP contribution >= 0.6 is 11.6 Å². The first-order chi connectivity index (χ1) is 10.5. The molecule has 1 saturated heterocycles. The molecular formula is C16H23ClN2O3. The molecule has 0 aromatic heterocycles. The van der Waals surface area contributed by atoms with Crippen LogP contribution in [0, 0.1) is 5.92 Å². The number of ether oxygens (including phenoxy) is 1. The number of hydrogen-bond acceptors (Lipinski definition) is 4. The van der Waals surface area contributed by atoms with Gasteiger partial charge < -0.3 is 15.2 Å². The third kappa shape index (κ3) is 4.12. The van der Waals surface area contributed by atoms with Crippen LogP contribution in [0.1, 0.15) is 19.8 Å². The van der Waals surface area contributed by atoms with Crippen molar-refractivity contribution in [3.8, 4) is 5.75 Å². The van der Waals surface area contributed by atoms with Gasteiger partial charge >= 0.3 is 0 Å². The number of methoxy groups -OCH3 is 1. The molecule has 1 aliphatic heterocycles. The summed E-state index contributed by atoms with van der Waals surface area (Å²) in [5.74, 6) is 0.876. The molecule has 6 heteroatoms. The molecule has 0 saturated carbocycles. The van der Waals surface area contributed by atoms with Crippen LogP contribution in [0.25, 0.3) is 0 Å². The van der Waals surface area contributed by atoms with Gasteiger partial charge in [0, 0.05) is 11.7 Å². The summed E-state index contributed by atoms with van der Waals surface area (Å²) in [6.45, 7) is 3.32. The Hall–Kier alpha value is -1.30. The molecule has 0 radical (unpaired) electrons. The maximum absolute atomic E-state index is 12.2. The van der Waals surface area contributed by atoms with Gasteiger partial charge in [-0.2, -0.15) is 0 Å². The van der Waals surface area contributed by atoms with Crippen molar-refractivity contribution in [2.45, 2.75) is 25.8 Å². The lowest BCUT2D eigenvalue weighted by molar-refractivity contribution is -0.118. The first-order valence-electron chi connectivity index (χ1n) is 7.53. The van der Waals surface area contributed by atoms with E-state index in [0.29, 0.717) is 22.4 Å². The van der Waals surface area contributed by atoms with Crippen LogP contribution < -0.4 is 10.1 Å². The van der Waals surface area contributed by atoms with E-state index in [4.69, 9.17) is 16.3 Å². The summed E-state index contributed by atoms with van der Waals surface area (Å²) in [6, 6.07) is 5.20. The highest BCUT2D eigenvalue weighted by molar-refractivity contribution is 6.32. The van der Waals surface area contributed by atoms with Crippen molar-refractivity contribution in [2.24, 2.45) is 5.92 Å². The number of aliphatic hydroxyl groups is 1. The van der Waals surface area contributed by atoms with Crippen LogP contribution in [-0.2, 0) is 4.79 Å². The predicted molar refractivity (Wildman–Crippen MR) is 87.5 cm³/mol. The molecule has 1 fully saturated rings. The number of carbonyl (C=O) groups excluding carboxylic acids is 1. The van der Waals surface area contributed by atoms with Gasteiger partial charge in [-0.1, -0.05) is 18.5 Å². The van der Waals surface area contributed by atoms with E-state index in [2.05, 4.69) is 17.1 Å². The molecule has 2 unspecified atom stereocenters. The summed E-state index contributed by atoms with van der Waals surface area (Å²) in [4.78, 5) is 14.3. The smallest absolute Gasteiger partial charge is 0.238 e. The normalized spacial score (nSPS) is 22.4. The Bertz CT molecular complexity index is 524. The highest BCUT2D eigenvalue weighted by Crippen LogP contribution is 2.27. The first kappa shape index (κ1) is 17.1. The number of hydrogen-bond donors (Lipinski definition) is 2. The third-order valence-corrected chi connectivity index (χ3v) is 4.50. The van der Waals surface area contributed by atoms with Gasteiger partial charge in [-0.15, -0.1) is 0 Å². The number of nitrogens with one attached hydrogen (secondary N) is 1. The molecule has 2 rings (SSSR count). The molecule has 0 aliphatic carbocycles. The number of amides is 1.